The molecule has 0 spiro atoms. The van der Waals surface area contributed by atoms with Gasteiger partial charge in [-0.15, -0.1) is 0 Å². The van der Waals surface area contributed by atoms with Crippen molar-refractivity contribution in [1.82, 2.24) is 97.3 Å². The molecule has 2 aliphatic rings. The van der Waals surface area contributed by atoms with Gasteiger partial charge in [0.25, 0.3) is 0 Å². The Balaban J connectivity index is 0.000000124. The lowest BCUT2D eigenvalue weighted by molar-refractivity contribution is -0.138. The predicted octanol–water partition coefficient (Wildman–Crippen LogP) is 26.2. The first kappa shape index (κ1) is 99.7. The highest BCUT2D eigenvalue weighted by Gasteiger charge is 2.37. The van der Waals surface area contributed by atoms with E-state index in [1.807, 2.05) is 18.4 Å². The Hall–Kier alpha value is -16.9. The van der Waals surface area contributed by atoms with Gasteiger partial charge in [-0.3, -0.25) is 47.4 Å². The summed E-state index contributed by atoms with van der Waals surface area (Å²) in [7, 11) is 0. The maximum absolute atomic E-state index is 14.0. The minimum absolute atomic E-state index is 0.0669. The van der Waals surface area contributed by atoms with Gasteiger partial charge in [0, 0.05) is 58.7 Å². The summed E-state index contributed by atoms with van der Waals surface area (Å²) >= 11 is 3.37. The smallest absolute Gasteiger partial charge is 0.416 e. The summed E-state index contributed by atoms with van der Waals surface area (Å²) in [6, 6.07) is 37.0. The number of nitrogens with one attached hydrogen (secondary N) is 5. The van der Waals surface area contributed by atoms with Gasteiger partial charge in [0.05, 0.1) is 129 Å². The molecule has 0 aliphatic heterocycles. The average Bonchev–Trinajstić information content (AvgIpc) is 1.61. The van der Waals surface area contributed by atoms with Gasteiger partial charge in [-0.2, -0.15) is 70.2 Å². The first-order chi connectivity index (χ1) is 69.1. The Kier molecular flexibility index (Phi) is 28.4. The fraction of sp³-hybridized carbons (Fsp3) is 0.165. The van der Waals surface area contributed by atoms with Crippen LogP contribution in [0.5, 0.6) is 11.5 Å². The van der Waals surface area contributed by atoms with E-state index in [1.165, 1.54) is 133 Å². The first-order valence-corrected chi connectivity index (χ1v) is 44.0. The number of hydrogen-bond donors (Lipinski definition) is 5. The van der Waals surface area contributed by atoms with Crippen LogP contribution >= 0.6 is 15.9 Å². The van der Waals surface area contributed by atoms with Crippen LogP contribution in [-0.2, 0) is 24.7 Å². The molecule has 0 radical (unpaired) electrons. The summed E-state index contributed by atoms with van der Waals surface area (Å²) in [4.78, 5) is 65.2. The van der Waals surface area contributed by atoms with E-state index in [0.717, 1.165) is 115 Å². The normalized spacial score (nSPS) is 12.7. The third kappa shape index (κ3) is 23.8. The van der Waals surface area contributed by atoms with E-state index in [0.29, 0.717) is 119 Å². The Morgan fingerprint density at radius 3 is 1.14 bits per heavy atom. The monoisotopic (exact) mass is 2080 g/mol. The van der Waals surface area contributed by atoms with Crippen molar-refractivity contribution < 1.29 is 97.3 Å². The second-order valence-corrected chi connectivity index (χ2v) is 33.0. The maximum Gasteiger partial charge on any atom is 0.416 e. The second kappa shape index (κ2) is 41.4. The van der Waals surface area contributed by atoms with Crippen molar-refractivity contribution in [2.75, 3.05) is 26.6 Å². The summed E-state index contributed by atoms with van der Waals surface area (Å²) in [6.07, 6.45) is 3.97. The number of para-hydroxylation sites is 1. The standard InChI is InChI=1S/C21H15F4N5O.C21H16F3N5O.C20H13F6N5.C19H13F4N5.C16H13BrF3N5/c22-12-3-6-18-29-19(11-1-2-11)20(30(18)10-12)15-8-26-9-17(28-15)27-13-4-5-16(14(23)7-13)31-21(24)25;22-13-3-8-18-28-19(12-1-2-12)20(29(18)11-13)16-9-25-10-17(27-16)26-14-4-6-15(7-5-14)30-21(23)24;1-11-28-15-7-4-13(20(24,25)26)8-16(15)31(11)18-10-27-9-17(30-18)29-14-5-2-12(3-6-14)19(21,22)23;1-11-25-18-14(20)3-2-4-15(18)28(11)17-10-24-9-16(27-17)26-13-7-5-12(6-8-13)19(21,22)23;1-9-15(17)22-10(2)25(9)14-8-21-7-13(24-14)23-12-5-3-11(4-6-12)16(18,19)20/h3-11,21H,1-2H2,(H,27,28);3-12,21H,1-2H2,(H,26,27);2-10H,1H3,(H,29,30);2-10H,1H3,(H,26,27);3-8H,1-2H3,(H,23,24). The van der Waals surface area contributed by atoms with Crippen LogP contribution < -0.4 is 36.1 Å². The van der Waals surface area contributed by atoms with Crippen molar-refractivity contribution in [3.05, 3.63) is 335 Å². The van der Waals surface area contributed by atoms with E-state index >= 15 is 0 Å². The van der Waals surface area contributed by atoms with Crippen LogP contribution in [0.1, 0.15) is 94.3 Å². The molecule has 12 heterocycles. The summed E-state index contributed by atoms with van der Waals surface area (Å²) in [5.74, 6) is 2.53. The van der Waals surface area contributed by atoms with E-state index in [4.69, 9.17) is 0 Å². The van der Waals surface area contributed by atoms with Crippen molar-refractivity contribution in [2.24, 2.45) is 0 Å². The van der Waals surface area contributed by atoms with E-state index < -0.39 is 83.4 Å². The number of rotatable bonds is 21. The molecular formula is C97H70BrF20N25O2. The fourth-order valence-corrected chi connectivity index (χ4v) is 15.5. The van der Waals surface area contributed by atoms with Gasteiger partial charge in [-0.25, -0.2) is 67.4 Å². The third-order valence-electron chi connectivity index (χ3n) is 21.9. The first-order valence-electron chi connectivity index (χ1n) is 43.2. The zero-order valence-corrected chi connectivity index (χ0v) is 76.6. The molecule has 0 amide bonds. The zero-order valence-electron chi connectivity index (χ0n) is 75.0. The number of aromatic nitrogens is 20. The molecule has 0 bridgehead atoms. The predicted molar refractivity (Wildman–Crippen MR) is 497 cm³/mol. The lowest BCUT2D eigenvalue weighted by Crippen LogP contribution is -2.07. The molecule has 19 aromatic rings. The number of pyridine rings is 2. The molecular weight excluding hydrogens is 2010 g/mol. The van der Waals surface area contributed by atoms with E-state index in [1.54, 1.807) is 88.4 Å². The third-order valence-corrected chi connectivity index (χ3v) is 22.6. The van der Waals surface area contributed by atoms with Gasteiger partial charge in [0.1, 0.15) is 79.3 Å². The highest BCUT2D eigenvalue weighted by atomic mass is 79.9. The fourth-order valence-electron chi connectivity index (χ4n) is 15.1. The number of ether oxygens (including phenoxy) is 2. The number of fused-ring (bicyclic) bond motifs is 4. The van der Waals surface area contributed by atoms with Crippen LogP contribution in [0, 0.1) is 51.0 Å². The minimum atomic E-state index is -4.52. The number of halogens is 21. The van der Waals surface area contributed by atoms with Crippen molar-refractivity contribution in [1.29, 1.82) is 0 Å². The molecule has 12 aromatic heterocycles. The number of aryl methyl sites for hydroxylation is 3. The van der Waals surface area contributed by atoms with Gasteiger partial charge in [0.2, 0.25) is 0 Å². The quantitative estimate of drug-likeness (QED) is 0.0418. The molecule has 2 aliphatic carbocycles. The molecule has 27 nitrogen and oxygen atoms in total. The lowest BCUT2D eigenvalue weighted by atomic mass is 10.2. The molecule has 145 heavy (non-hydrogen) atoms. The molecule has 0 atom stereocenters. The van der Waals surface area contributed by atoms with Crippen LogP contribution in [-0.4, -0.2) is 110 Å². The van der Waals surface area contributed by atoms with Crippen LogP contribution in [0.2, 0.25) is 0 Å². The molecule has 21 rings (SSSR count). The Bertz CT molecular complexity index is 7910. The number of hydrogen-bond acceptors (Lipinski definition) is 22. The number of imidazole rings is 5. The molecule has 5 N–H and O–H groups in total. The molecule has 0 unspecified atom stereocenters. The van der Waals surface area contributed by atoms with Gasteiger partial charge >= 0.3 is 37.9 Å². The molecule has 742 valence electrons. The van der Waals surface area contributed by atoms with Crippen molar-refractivity contribution in [3.63, 3.8) is 0 Å². The molecule has 7 aromatic carbocycles. The molecule has 48 heteroatoms. The maximum atomic E-state index is 14.0. The summed E-state index contributed by atoms with van der Waals surface area (Å²) in [5.41, 5.74) is 6.71. The Labute approximate surface area is 813 Å². The Morgan fingerprint density at radius 2 is 0.731 bits per heavy atom. The molecule has 2 fully saturated rings. The van der Waals surface area contributed by atoms with Crippen LogP contribution in [0.15, 0.2) is 255 Å². The van der Waals surface area contributed by atoms with E-state index in [2.05, 4.69) is 127 Å². The van der Waals surface area contributed by atoms with Crippen LogP contribution in [0.25, 0.3) is 73.6 Å². The second-order valence-electron chi connectivity index (χ2n) is 32.2. The van der Waals surface area contributed by atoms with Gasteiger partial charge in [0.15, 0.2) is 52.3 Å². The minimum Gasteiger partial charge on any atom is -0.435 e. The number of benzene rings is 7. The molecule has 0 saturated heterocycles. The summed E-state index contributed by atoms with van der Waals surface area (Å²) < 4.78 is 276. The molecule has 2 saturated carbocycles. The van der Waals surface area contributed by atoms with Crippen molar-refractivity contribution in [3.8, 4) is 51.7 Å². The topological polar surface area (TPSA) is 296 Å². The summed E-state index contributed by atoms with van der Waals surface area (Å²) in [6.45, 7) is 1.08. The van der Waals surface area contributed by atoms with Crippen molar-refractivity contribution >= 4 is 107 Å². The van der Waals surface area contributed by atoms with Crippen molar-refractivity contribution in [2.45, 2.75) is 103 Å². The highest BCUT2D eigenvalue weighted by molar-refractivity contribution is 9.10. The largest absolute Gasteiger partial charge is 0.435 e. The van der Waals surface area contributed by atoms with Gasteiger partial charge < -0.3 is 36.1 Å². The summed E-state index contributed by atoms with van der Waals surface area (Å²) in [5, 5.41) is 14.7. The zero-order chi connectivity index (χ0) is 103. The van der Waals surface area contributed by atoms with E-state index in [-0.39, 0.29) is 45.8 Å². The average molecular weight is 2080 g/mol. The highest BCUT2D eigenvalue weighted by Crippen LogP contribution is 2.47. The number of alkyl halides is 16. The number of anilines is 10. The van der Waals surface area contributed by atoms with Crippen LogP contribution in [0.3, 0.4) is 0 Å². The van der Waals surface area contributed by atoms with Gasteiger partial charge in [-0.1, -0.05) is 6.07 Å². The van der Waals surface area contributed by atoms with E-state index in [9.17, 15) is 87.8 Å². The lowest BCUT2D eigenvalue weighted by Gasteiger charge is -2.11. The van der Waals surface area contributed by atoms with Crippen LogP contribution in [0.4, 0.5) is 145 Å². The Morgan fingerprint density at radius 1 is 0.352 bits per heavy atom. The van der Waals surface area contributed by atoms with Gasteiger partial charge in [-0.05, 0) is 233 Å². The SMILES string of the molecule is Cc1nc(Br)c(C)n1-c1cncc(Nc2ccc(C(F)(F)F)cc2)n1.Cc1nc2c(F)cccc2n1-c1cncc(Nc2ccc(C(F)(F)F)cc2)n1.Cc1nc2ccc(C(F)(F)F)cc2n1-c1cncc(Nc2ccc(C(F)(F)F)cc2)n1.Fc1ccc2nc(C3CC3)c(-c3cncc(Nc4ccc(OC(F)F)c(F)c4)n3)n2c1.Fc1ccc2nc(C3CC3)c(-c3cncc(Nc4ccc(OC(F)F)cc4)n3)n2c1. The number of nitrogens with zero attached hydrogens (tertiary/aromatic N) is 20.